The molecule has 0 bridgehead atoms. The van der Waals surface area contributed by atoms with E-state index in [1.54, 1.807) is 7.05 Å². The van der Waals surface area contributed by atoms with Crippen LogP contribution in [-0.2, 0) is 12.7 Å². The van der Waals surface area contributed by atoms with Crippen molar-refractivity contribution in [2.24, 2.45) is 10.9 Å². The van der Waals surface area contributed by atoms with E-state index in [4.69, 9.17) is 0 Å². The molecule has 2 heterocycles. The number of alkyl halides is 3. The van der Waals surface area contributed by atoms with E-state index in [1.165, 1.54) is 41.8 Å². The van der Waals surface area contributed by atoms with Gasteiger partial charge in [-0.2, -0.15) is 13.2 Å². The number of hydrogen-bond acceptors (Lipinski definition) is 5. The predicted octanol–water partition coefficient (Wildman–Crippen LogP) is 2.25. The Labute approximate surface area is 172 Å². The highest BCUT2D eigenvalue weighted by molar-refractivity contribution is 5.84. The van der Waals surface area contributed by atoms with Crippen molar-refractivity contribution in [3.8, 4) is 0 Å². The Balaban J connectivity index is 1.69. The van der Waals surface area contributed by atoms with E-state index in [2.05, 4.69) is 25.9 Å². The minimum absolute atomic E-state index is 0.0221. The fraction of sp³-hybridized carbons (Fsp3) is 0.500. The average Bonchev–Trinajstić information content (AvgIpc) is 3.02. The van der Waals surface area contributed by atoms with Crippen LogP contribution in [0.25, 0.3) is 0 Å². The van der Waals surface area contributed by atoms with Crippen LogP contribution in [0, 0.1) is 5.92 Å². The summed E-state index contributed by atoms with van der Waals surface area (Å²) in [7, 11) is 1.61. The van der Waals surface area contributed by atoms with Crippen LogP contribution >= 0.6 is 0 Å². The summed E-state index contributed by atoms with van der Waals surface area (Å²) in [5.41, 5.74) is -0.808. The van der Waals surface area contributed by atoms with Crippen molar-refractivity contribution in [2.45, 2.75) is 25.6 Å². The van der Waals surface area contributed by atoms with Crippen LogP contribution in [0.5, 0.6) is 0 Å². The molecule has 1 atom stereocenters. The lowest BCUT2D eigenvalue weighted by Crippen LogP contribution is -2.36. The van der Waals surface area contributed by atoms with Crippen LogP contribution in [0.2, 0.25) is 0 Å². The molecule has 1 aliphatic heterocycles. The molecule has 3 rings (SSSR count). The van der Waals surface area contributed by atoms with Gasteiger partial charge in [0.1, 0.15) is 11.5 Å². The first-order valence-corrected chi connectivity index (χ1v) is 9.97. The van der Waals surface area contributed by atoms with E-state index in [-0.39, 0.29) is 12.1 Å². The summed E-state index contributed by atoms with van der Waals surface area (Å²) in [5.74, 6) is 0.966. The molecule has 164 valence electrons. The first-order chi connectivity index (χ1) is 14.4. The van der Waals surface area contributed by atoms with Crippen molar-refractivity contribution in [3.05, 3.63) is 51.6 Å². The Morgan fingerprint density at radius 3 is 2.83 bits per heavy atom. The lowest BCUT2D eigenvalue weighted by Gasteiger charge is -2.22. The Bertz CT molecular complexity index is 912. The lowest BCUT2D eigenvalue weighted by atomic mass is 10.00. The normalized spacial score (nSPS) is 17.5. The fourth-order valence-electron chi connectivity index (χ4n) is 3.68. The topological polar surface area (TPSA) is 86.2 Å². The Hall–Kier alpha value is -2.59. The summed E-state index contributed by atoms with van der Waals surface area (Å²) in [6.45, 7) is 3.11. The summed E-state index contributed by atoms with van der Waals surface area (Å²) >= 11 is 0. The number of nitrogens with zero attached hydrogens (tertiary/aromatic N) is 2. The van der Waals surface area contributed by atoms with E-state index < -0.39 is 17.4 Å². The molecule has 0 spiro atoms. The number of H-pyrrole nitrogens is 1. The molecule has 1 aliphatic rings. The van der Waals surface area contributed by atoms with E-state index >= 15 is 0 Å². The van der Waals surface area contributed by atoms with Crippen molar-refractivity contribution in [2.75, 3.05) is 38.7 Å². The Morgan fingerprint density at radius 1 is 1.33 bits per heavy atom. The monoisotopic (exact) mass is 424 g/mol. The maximum atomic E-state index is 13.3. The summed E-state index contributed by atoms with van der Waals surface area (Å²) in [6, 6.07) is 5.25. The third kappa shape index (κ3) is 5.51. The molecule has 10 heteroatoms. The van der Waals surface area contributed by atoms with Gasteiger partial charge in [-0.25, -0.2) is 4.79 Å². The quantitative estimate of drug-likeness (QED) is 0.387. The number of hydrogen-bond donors (Lipinski definition) is 4. The van der Waals surface area contributed by atoms with Gasteiger partial charge in [-0.05, 0) is 43.5 Å². The van der Waals surface area contributed by atoms with Gasteiger partial charge in [-0.1, -0.05) is 18.2 Å². The van der Waals surface area contributed by atoms with Gasteiger partial charge in [-0.3, -0.25) is 14.9 Å². The number of nitrogens with one attached hydrogen (secondary N) is 4. The number of aromatic amines is 1. The molecule has 0 radical (unpaired) electrons. The first-order valence-electron chi connectivity index (χ1n) is 9.97. The van der Waals surface area contributed by atoms with Gasteiger partial charge >= 0.3 is 11.9 Å². The standard InChI is InChI=1S/C20H27F3N6O/c1-24-18-17(11-27-13-26-10-14-5-4-8-25-9-14)28-19(30)29(18)12-15-6-2-3-7-16(15)20(21,22)23/h2-3,6-7,11,14,24-26H,4-5,8-10,12-13H2,1H3,(H,28,30)/t14-/m0/s1. The summed E-state index contributed by atoms with van der Waals surface area (Å²) in [6.07, 6.45) is -0.609. The molecule has 1 fully saturated rings. The van der Waals surface area contributed by atoms with Crippen molar-refractivity contribution < 1.29 is 13.2 Å². The van der Waals surface area contributed by atoms with Crippen molar-refractivity contribution in [1.82, 2.24) is 20.2 Å². The molecule has 4 N–H and O–H groups in total. The first kappa shape index (κ1) is 22.1. The number of aliphatic imine (C=N–C) groups is 1. The van der Waals surface area contributed by atoms with Crippen LogP contribution in [0.15, 0.2) is 34.1 Å². The number of rotatable bonds is 8. The molecule has 2 aromatic rings. The fourth-order valence-corrected chi connectivity index (χ4v) is 3.68. The van der Waals surface area contributed by atoms with Crippen LogP contribution in [0.1, 0.15) is 29.7 Å². The van der Waals surface area contributed by atoms with Gasteiger partial charge in [0.25, 0.3) is 0 Å². The molecule has 0 aliphatic carbocycles. The van der Waals surface area contributed by atoms with Gasteiger partial charge in [0, 0.05) is 13.6 Å². The molecule has 7 nitrogen and oxygen atoms in total. The van der Waals surface area contributed by atoms with Crippen LogP contribution in [-0.4, -0.2) is 49.1 Å². The highest BCUT2D eigenvalue weighted by atomic mass is 19.4. The van der Waals surface area contributed by atoms with Crippen molar-refractivity contribution >= 4 is 12.0 Å². The maximum Gasteiger partial charge on any atom is 0.416 e. The molecule has 1 saturated heterocycles. The number of aromatic nitrogens is 2. The third-order valence-corrected chi connectivity index (χ3v) is 5.16. The minimum Gasteiger partial charge on any atom is -0.373 e. The Kier molecular flexibility index (Phi) is 7.33. The van der Waals surface area contributed by atoms with E-state index in [9.17, 15) is 18.0 Å². The molecule has 30 heavy (non-hydrogen) atoms. The maximum absolute atomic E-state index is 13.3. The number of piperidine rings is 1. The molecule has 0 unspecified atom stereocenters. The van der Waals surface area contributed by atoms with E-state index in [0.29, 0.717) is 24.1 Å². The zero-order chi connectivity index (χ0) is 21.6. The second-order valence-corrected chi connectivity index (χ2v) is 7.32. The Morgan fingerprint density at radius 2 is 2.13 bits per heavy atom. The number of anilines is 1. The van der Waals surface area contributed by atoms with Crippen LogP contribution in [0.3, 0.4) is 0 Å². The van der Waals surface area contributed by atoms with Gasteiger partial charge in [-0.15, -0.1) is 0 Å². The molecule has 0 saturated carbocycles. The van der Waals surface area contributed by atoms with Crippen LogP contribution < -0.4 is 21.6 Å². The molecule has 1 aromatic carbocycles. The number of benzene rings is 1. The third-order valence-electron chi connectivity index (χ3n) is 5.16. The average molecular weight is 424 g/mol. The van der Waals surface area contributed by atoms with Crippen LogP contribution in [0.4, 0.5) is 19.0 Å². The van der Waals surface area contributed by atoms with Crippen molar-refractivity contribution in [3.63, 3.8) is 0 Å². The molecular formula is C20H27F3N6O. The predicted molar refractivity (Wildman–Crippen MR) is 111 cm³/mol. The minimum atomic E-state index is -4.49. The zero-order valence-electron chi connectivity index (χ0n) is 16.9. The highest BCUT2D eigenvalue weighted by Crippen LogP contribution is 2.32. The second kappa shape index (κ2) is 9.94. The number of halogens is 3. The highest BCUT2D eigenvalue weighted by Gasteiger charge is 2.33. The summed E-state index contributed by atoms with van der Waals surface area (Å²) in [4.78, 5) is 19.3. The SMILES string of the molecule is CNc1c(C=NCNC[C@H]2CCCNC2)[nH]c(=O)n1Cc1ccccc1C(F)(F)F. The van der Waals surface area contributed by atoms with Gasteiger partial charge < -0.3 is 15.6 Å². The molecular weight excluding hydrogens is 397 g/mol. The van der Waals surface area contributed by atoms with Gasteiger partial charge in [0.15, 0.2) is 0 Å². The molecule has 0 amide bonds. The summed E-state index contributed by atoms with van der Waals surface area (Å²) in [5, 5.41) is 9.51. The lowest BCUT2D eigenvalue weighted by molar-refractivity contribution is -0.138. The van der Waals surface area contributed by atoms with Crippen molar-refractivity contribution in [1.29, 1.82) is 0 Å². The largest absolute Gasteiger partial charge is 0.416 e. The molecule has 1 aromatic heterocycles. The van der Waals surface area contributed by atoms with E-state index in [1.807, 2.05) is 0 Å². The zero-order valence-corrected chi connectivity index (χ0v) is 16.9. The van der Waals surface area contributed by atoms with E-state index in [0.717, 1.165) is 25.7 Å². The smallest absolute Gasteiger partial charge is 0.373 e. The number of imidazole rings is 1. The van der Waals surface area contributed by atoms with Gasteiger partial charge in [0.05, 0.1) is 25.0 Å². The van der Waals surface area contributed by atoms with Gasteiger partial charge in [0.2, 0.25) is 0 Å². The summed E-state index contributed by atoms with van der Waals surface area (Å²) < 4.78 is 41.1. The second-order valence-electron chi connectivity index (χ2n) is 7.32.